The first-order valence-corrected chi connectivity index (χ1v) is 11.6. The smallest absolute Gasteiger partial charge is 0.415 e. The lowest BCUT2D eigenvalue weighted by molar-refractivity contribution is -0.120. The number of halogens is 2. The van der Waals surface area contributed by atoms with Gasteiger partial charge in [0.05, 0.1) is 21.3 Å². The fraction of sp³-hybridized carbons (Fsp3) is 0.409. The van der Waals surface area contributed by atoms with Gasteiger partial charge in [-0.2, -0.15) is 0 Å². The van der Waals surface area contributed by atoms with Crippen molar-refractivity contribution in [3.05, 3.63) is 39.5 Å². The third kappa shape index (κ3) is 3.84. The van der Waals surface area contributed by atoms with E-state index in [1.54, 1.807) is 40.1 Å². The number of thiophene rings is 1. The Morgan fingerprint density at radius 1 is 1.25 bits per heavy atom. The Balaban J connectivity index is 1.29. The maximum atomic E-state index is 13.5. The van der Waals surface area contributed by atoms with Crippen molar-refractivity contribution >= 4 is 52.1 Å². The van der Waals surface area contributed by atoms with E-state index in [0.29, 0.717) is 45.7 Å². The van der Waals surface area contributed by atoms with Crippen LogP contribution in [0.5, 0.6) is 5.75 Å². The highest BCUT2D eigenvalue weighted by atomic mass is 35.5. The van der Waals surface area contributed by atoms with Crippen LogP contribution in [0, 0.1) is 0 Å². The molecule has 7 nitrogen and oxygen atoms in total. The molecule has 0 bridgehead atoms. The van der Waals surface area contributed by atoms with Gasteiger partial charge in [0.15, 0.2) is 5.78 Å². The van der Waals surface area contributed by atoms with E-state index in [1.807, 2.05) is 0 Å². The molecule has 0 aliphatic carbocycles. The SMILES string of the molecule is O=C(CC[C@@H]1OC(=O)N2c3ccc(N4CC[C@H](F)CC4=O)cc3OC[C@@H]12)c1ccc(Cl)s1. The van der Waals surface area contributed by atoms with Gasteiger partial charge in [-0.15, -0.1) is 11.3 Å². The minimum absolute atomic E-state index is 0.0418. The summed E-state index contributed by atoms with van der Waals surface area (Å²) in [6.45, 7) is 0.519. The molecule has 3 aliphatic rings. The Kier molecular flexibility index (Phi) is 5.54. The highest BCUT2D eigenvalue weighted by Crippen LogP contribution is 2.42. The summed E-state index contributed by atoms with van der Waals surface area (Å²) in [6, 6.07) is 8.18. The van der Waals surface area contributed by atoms with Gasteiger partial charge < -0.3 is 14.4 Å². The molecule has 10 heteroatoms. The Hall–Kier alpha value is -2.65. The monoisotopic (exact) mass is 478 g/mol. The molecule has 2 amide bonds. The molecule has 2 aromatic rings. The molecule has 0 spiro atoms. The van der Waals surface area contributed by atoms with Crippen molar-refractivity contribution in [2.75, 3.05) is 23.0 Å². The number of carbonyl (C=O) groups excluding carboxylic acids is 3. The van der Waals surface area contributed by atoms with Gasteiger partial charge in [-0.25, -0.2) is 9.18 Å². The van der Waals surface area contributed by atoms with Crippen LogP contribution < -0.4 is 14.5 Å². The van der Waals surface area contributed by atoms with E-state index in [-0.39, 0.29) is 37.2 Å². The van der Waals surface area contributed by atoms with Crippen LogP contribution >= 0.6 is 22.9 Å². The lowest BCUT2D eigenvalue weighted by Crippen LogP contribution is -2.44. The third-order valence-electron chi connectivity index (χ3n) is 6.00. The second kappa shape index (κ2) is 8.37. The maximum absolute atomic E-state index is 13.5. The molecule has 32 heavy (non-hydrogen) atoms. The average Bonchev–Trinajstić information content (AvgIpc) is 3.35. The second-order valence-corrected chi connectivity index (χ2v) is 9.74. The van der Waals surface area contributed by atoms with Gasteiger partial charge in [-0.3, -0.25) is 14.5 Å². The number of anilines is 2. The van der Waals surface area contributed by atoms with Gasteiger partial charge in [-0.1, -0.05) is 11.6 Å². The molecule has 4 heterocycles. The third-order valence-corrected chi connectivity index (χ3v) is 7.27. The van der Waals surface area contributed by atoms with Crippen LogP contribution in [-0.4, -0.2) is 49.3 Å². The van der Waals surface area contributed by atoms with Crippen LogP contribution in [0.1, 0.15) is 35.4 Å². The molecule has 168 valence electrons. The first kappa shape index (κ1) is 21.2. The van der Waals surface area contributed by atoms with Gasteiger partial charge in [0, 0.05) is 24.7 Å². The Morgan fingerprint density at radius 3 is 2.84 bits per heavy atom. The lowest BCUT2D eigenvalue weighted by atomic mass is 10.0. The highest BCUT2D eigenvalue weighted by Gasteiger charge is 2.46. The number of hydrogen-bond donors (Lipinski definition) is 0. The van der Waals surface area contributed by atoms with Crippen molar-refractivity contribution in [2.24, 2.45) is 0 Å². The predicted octanol–water partition coefficient (Wildman–Crippen LogP) is 4.62. The number of piperidine rings is 1. The van der Waals surface area contributed by atoms with Crippen molar-refractivity contribution in [3.63, 3.8) is 0 Å². The van der Waals surface area contributed by atoms with E-state index < -0.39 is 18.4 Å². The van der Waals surface area contributed by atoms with Crippen molar-refractivity contribution in [1.29, 1.82) is 0 Å². The van der Waals surface area contributed by atoms with Gasteiger partial charge in [-0.05, 0) is 37.1 Å². The zero-order valence-electron chi connectivity index (χ0n) is 17.0. The number of carbonyl (C=O) groups is 3. The zero-order chi connectivity index (χ0) is 22.4. The van der Waals surface area contributed by atoms with Crippen molar-refractivity contribution in [1.82, 2.24) is 0 Å². The summed E-state index contributed by atoms with van der Waals surface area (Å²) >= 11 is 7.13. The summed E-state index contributed by atoms with van der Waals surface area (Å²) in [7, 11) is 0. The minimum Gasteiger partial charge on any atom is -0.489 e. The van der Waals surface area contributed by atoms with Crippen LogP contribution in [-0.2, 0) is 9.53 Å². The first-order valence-electron chi connectivity index (χ1n) is 10.4. The van der Waals surface area contributed by atoms with Gasteiger partial charge in [0.25, 0.3) is 0 Å². The molecular weight excluding hydrogens is 459 g/mol. The standard InChI is InChI=1S/C22H20ClFN2O5S/c23-20-6-5-19(32-20)16(27)3-4-17-15-11-30-18-10-13(25-8-7-12(24)9-21(25)28)1-2-14(18)26(15)22(29)31-17/h1-2,5-6,10,12,15,17H,3-4,7-9,11H2/t12-,15-,17-/m0/s1. The number of rotatable bonds is 5. The molecule has 0 radical (unpaired) electrons. The first-order chi connectivity index (χ1) is 15.4. The number of benzene rings is 1. The molecule has 3 aliphatic heterocycles. The van der Waals surface area contributed by atoms with Gasteiger partial charge in [0.1, 0.15) is 30.7 Å². The summed E-state index contributed by atoms with van der Waals surface area (Å²) in [6.07, 6.45) is -1.28. The topological polar surface area (TPSA) is 76.2 Å². The molecule has 5 rings (SSSR count). The van der Waals surface area contributed by atoms with Crippen molar-refractivity contribution < 1.29 is 28.2 Å². The van der Waals surface area contributed by atoms with E-state index in [0.717, 1.165) is 0 Å². The van der Waals surface area contributed by atoms with Crippen LogP contribution in [0.2, 0.25) is 4.34 Å². The fourth-order valence-electron chi connectivity index (χ4n) is 4.37. The molecule has 2 saturated heterocycles. The minimum atomic E-state index is -1.10. The number of hydrogen-bond acceptors (Lipinski definition) is 6. The quantitative estimate of drug-likeness (QED) is 0.586. The normalized spacial score (nSPS) is 24.6. The number of amides is 2. The molecule has 0 N–H and O–H groups in total. The molecule has 0 unspecified atom stereocenters. The van der Waals surface area contributed by atoms with E-state index in [1.165, 1.54) is 11.3 Å². The number of cyclic esters (lactones) is 1. The summed E-state index contributed by atoms with van der Waals surface area (Å²) in [5.74, 6) is 0.158. The van der Waals surface area contributed by atoms with Crippen LogP contribution in [0.15, 0.2) is 30.3 Å². The predicted molar refractivity (Wildman–Crippen MR) is 118 cm³/mol. The Bertz CT molecular complexity index is 1090. The van der Waals surface area contributed by atoms with Crippen molar-refractivity contribution in [3.8, 4) is 5.75 Å². The second-order valence-electron chi connectivity index (χ2n) is 8.02. The van der Waals surface area contributed by atoms with Gasteiger partial charge >= 0.3 is 6.09 Å². The van der Waals surface area contributed by atoms with Crippen LogP contribution in [0.4, 0.5) is 20.6 Å². The van der Waals surface area contributed by atoms with Crippen LogP contribution in [0.25, 0.3) is 0 Å². The number of ether oxygens (including phenoxy) is 2. The summed E-state index contributed by atoms with van der Waals surface area (Å²) < 4.78 is 25.5. The summed E-state index contributed by atoms with van der Waals surface area (Å²) in [5.41, 5.74) is 1.17. The highest BCUT2D eigenvalue weighted by molar-refractivity contribution is 7.18. The molecular formula is C22H20ClFN2O5S. The number of fused-ring (bicyclic) bond motifs is 3. The van der Waals surface area contributed by atoms with E-state index in [9.17, 15) is 18.8 Å². The lowest BCUT2D eigenvalue weighted by Gasteiger charge is -2.33. The van der Waals surface area contributed by atoms with E-state index in [4.69, 9.17) is 21.1 Å². The average molecular weight is 479 g/mol. The molecule has 0 saturated carbocycles. The summed E-state index contributed by atoms with van der Waals surface area (Å²) in [5, 5.41) is 0. The molecule has 2 fully saturated rings. The number of alkyl halides is 1. The fourth-order valence-corrected chi connectivity index (χ4v) is 5.38. The number of Topliss-reactive ketones (excluding diaryl/α,β-unsaturated/α-hetero) is 1. The Labute approximate surface area is 192 Å². The molecule has 1 aromatic carbocycles. The molecule has 1 aromatic heterocycles. The van der Waals surface area contributed by atoms with E-state index in [2.05, 4.69) is 0 Å². The van der Waals surface area contributed by atoms with Gasteiger partial charge in [0.2, 0.25) is 5.91 Å². The molecule has 3 atom stereocenters. The summed E-state index contributed by atoms with van der Waals surface area (Å²) in [4.78, 5) is 40.9. The van der Waals surface area contributed by atoms with Crippen molar-refractivity contribution in [2.45, 2.75) is 44.0 Å². The Morgan fingerprint density at radius 2 is 2.09 bits per heavy atom. The largest absolute Gasteiger partial charge is 0.489 e. The number of ketones is 1. The van der Waals surface area contributed by atoms with E-state index >= 15 is 0 Å². The zero-order valence-corrected chi connectivity index (χ0v) is 18.5. The maximum Gasteiger partial charge on any atom is 0.415 e. The number of nitrogens with zero attached hydrogens (tertiary/aromatic N) is 2. The van der Waals surface area contributed by atoms with Crippen LogP contribution in [0.3, 0.4) is 0 Å².